The second-order valence-corrected chi connectivity index (χ2v) is 8.58. The number of rotatable bonds is 4. The average molecular weight is 534 g/mol. The third-order valence-corrected chi connectivity index (χ3v) is 6.51. The normalized spacial score (nSPS) is 12.2. The van der Waals surface area contributed by atoms with Crippen LogP contribution in [0.2, 0.25) is 0 Å². The Morgan fingerprint density at radius 3 is 1.54 bits per heavy atom. The van der Waals surface area contributed by atoms with E-state index >= 15 is 0 Å². The van der Waals surface area contributed by atoms with Crippen molar-refractivity contribution in [3.05, 3.63) is 9.45 Å². The van der Waals surface area contributed by atoms with E-state index in [1.165, 1.54) is 0 Å². The quantitative estimate of drug-likeness (QED) is 0.277. The predicted octanol–water partition coefficient (Wildman–Crippen LogP) is -2.31. The predicted molar refractivity (Wildman–Crippen MR) is 74.9 cm³/mol. The Morgan fingerprint density at radius 1 is 0.917 bits per heavy atom. The Hall–Kier alpha value is -0.870. The molecule has 0 fully saturated rings. The van der Waals surface area contributed by atoms with E-state index in [4.69, 9.17) is 19.1 Å². The maximum atomic E-state index is 11.4. The first-order valence-electron chi connectivity index (χ1n) is 4.89. The first-order chi connectivity index (χ1) is 10.2. The number of ether oxygens (including phenoxy) is 1. The first kappa shape index (κ1) is 23.1. The summed E-state index contributed by atoms with van der Waals surface area (Å²) in [6.07, 6.45) is 0. The molecule has 1 aromatic carbocycles. The molecule has 0 amide bonds. The second kappa shape index (κ2) is 7.17. The van der Waals surface area contributed by atoms with Crippen molar-refractivity contribution in [3.63, 3.8) is 0 Å². The summed E-state index contributed by atoms with van der Waals surface area (Å²) in [7, 11) is -15.4. The second-order valence-electron chi connectivity index (χ2n) is 3.71. The maximum absolute atomic E-state index is 11.4. The smallest absolute Gasteiger partial charge is 0.450 e. The zero-order chi connectivity index (χ0) is 18.4. The lowest BCUT2D eigenvalue weighted by Gasteiger charge is -2.11. The third-order valence-electron chi connectivity index (χ3n) is 2.32. The fourth-order valence-electron chi connectivity index (χ4n) is 1.60. The molecule has 0 unspecified atom stereocenters. The summed E-state index contributed by atoms with van der Waals surface area (Å²) in [6.45, 7) is 0. The largest absolute Gasteiger partial charge is 1.00 e. The molecule has 0 aliphatic carbocycles. The molecule has 0 aliphatic heterocycles. The van der Waals surface area contributed by atoms with Gasteiger partial charge in [-0.3, -0.25) is 13.7 Å². The van der Waals surface area contributed by atoms with Crippen LogP contribution in [0.5, 0.6) is 5.75 Å². The van der Waals surface area contributed by atoms with Crippen LogP contribution in [0.4, 0.5) is 5.69 Å². The molecule has 0 aliphatic rings. The van der Waals surface area contributed by atoms with Crippen molar-refractivity contribution in [2.45, 2.75) is 14.7 Å². The van der Waals surface area contributed by atoms with E-state index in [1.807, 2.05) is 0 Å². The molecule has 24 heavy (non-hydrogen) atoms. The van der Waals surface area contributed by atoms with Crippen LogP contribution in [0.1, 0.15) is 0 Å². The van der Waals surface area contributed by atoms with Gasteiger partial charge in [-0.05, 0) is 15.9 Å². The molecule has 0 bridgehead atoms. The summed E-state index contributed by atoms with van der Waals surface area (Å²) in [5, 5.41) is 8.87. The van der Waals surface area contributed by atoms with E-state index in [-0.39, 0.29) is 17.0 Å². The van der Waals surface area contributed by atoms with Crippen molar-refractivity contribution in [2.75, 3.05) is 7.11 Å². The molecule has 0 spiro atoms. The van der Waals surface area contributed by atoms with Gasteiger partial charge in [-0.25, -0.2) is 0 Å². The molecule has 1 rings (SSSR count). The van der Waals surface area contributed by atoms with Gasteiger partial charge in [-0.15, -0.1) is 0 Å². The molecule has 136 valence electrons. The van der Waals surface area contributed by atoms with Gasteiger partial charge >= 0.3 is 15.8 Å². The van der Waals surface area contributed by atoms with E-state index < -0.39 is 61.0 Å². The van der Waals surface area contributed by atoms with Crippen molar-refractivity contribution < 1.29 is 60.6 Å². The van der Waals surface area contributed by atoms with Crippen molar-refractivity contribution >= 4 is 52.0 Å². The van der Waals surface area contributed by atoms with Gasteiger partial charge in [-0.1, -0.05) is 0 Å². The van der Waals surface area contributed by atoms with Gasteiger partial charge in [-0.2, -0.15) is 25.3 Å². The number of benzene rings is 1. The monoisotopic (exact) mass is 532 g/mol. The number of halogens is 2. The van der Waals surface area contributed by atoms with Gasteiger partial charge in [0.15, 0.2) is 9.87 Å². The Labute approximate surface area is 154 Å². The van der Waals surface area contributed by atoms with Crippen LogP contribution in [0.15, 0.2) is 19.2 Å². The number of hydrogen-bond acceptors (Lipinski definition) is 8. The summed E-state index contributed by atoms with van der Waals surface area (Å²) in [4.78, 5) is -2.34. The molecule has 0 saturated carbocycles. The number of nitrogens with zero attached hydrogens (tertiary/aromatic N) is 2. The molecular weight excluding hydrogens is 528 g/mol. The van der Waals surface area contributed by atoms with Crippen molar-refractivity contribution in [3.8, 4) is 5.75 Å². The lowest BCUT2D eigenvalue weighted by molar-refractivity contribution is -0.0000175. The van der Waals surface area contributed by atoms with Crippen LogP contribution in [-0.4, -0.2) is 46.0 Å². The highest BCUT2D eigenvalue weighted by molar-refractivity contribution is 9.10. The van der Waals surface area contributed by atoms with E-state index in [9.17, 15) is 25.3 Å². The Balaban J connectivity index is 0.00000529. The van der Waals surface area contributed by atoms with E-state index in [0.29, 0.717) is 0 Å². The fourth-order valence-corrected chi connectivity index (χ4v) is 6.15. The highest BCUT2D eigenvalue weighted by Gasteiger charge is 2.45. The van der Waals surface area contributed by atoms with Crippen molar-refractivity contribution in [1.29, 1.82) is 5.39 Å². The van der Waals surface area contributed by atoms with Crippen LogP contribution >= 0.6 is 15.9 Å². The summed E-state index contributed by atoms with van der Waals surface area (Å²) >= 11 is 2.39. The van der Waals surface area contributed by atoms with Crippen LogP contribution in [0.3, 0.4) is 0 Å². The molecule has 17 heteroatoms. The van der Waals surface area contributed by atoms with Gasteiger partial charge in [0.05, 0.1) is 11.6 Å². The van der Waals surface area contributed by atoms with Gasteiger partial charge in [0.1, 0.15) is 4.90 Å². The fraction of sp³-hybridized carbons (Fsp3) is 0.143. The molecule has 0 radical (unpaired) electrons. The molecule has 0 atom stereocenters. The van der Waals surface area contributed by atoms with Crippen LogP contribution in [-0.2, 0) is 30.4 Å². The van der Waals surface area contributed by atoms with E-state index in [0.717, 1.165) is 7.11 Å². The minimum absolute atomic E-state index is 0. The van der Waals surface area contributed by atoms with Gasteiger partial charge in [0.2, 0.25) is 16.0 Å². The Kier molecular flexibility index (Phi) is 6.91. The summed E-state index contributed by atoms with van der Waals surface area (Å²) in [5.74, 6) is -1.11. The van der Waals surface area contributed by atoms with Crippen LogP contribution < -0.4 is 21.7 Å². The number of methoxy groups -OCH3 is 1. The zero-order valence-corrected chi connectivity index (χ0v) is 16.7. The van der Waals surface area contributed by atoms with Gasteiger partial charge in [0.25, 0.3) is 20.2 Å². The summed E-state index contributed by atoms with van der Waals surface area (Å²) in [6, 6.07) is 0. The first-order valence-corrected chi connectivity index (χ1v) is 10.00. The zero-order valence-electron chi connectivity index (χ0n) is 11.1. The number of hydrogen-bond donors (Lipinski definition) is 3. The van der Waals surface area contributed by atoms with Gasteiger partial charge in [0, 0.05) is 0 Å². The SMILES string of the molecule is COc1c([N+]#N)c(S(=O)(=O)O)c(S(=O)(=O)O)c(Br)c1S(=O)(=O)O.[Br-]. The minimum atomic E-state index is -5.48. The topological polar surface area (TPSA) is 200 Å². The molecule has 0 heterocycles. The average Bonchev–Trinajstić information content (AvgIpc) is 2.32. The molecule has 0 saturated heterocycles. The lowest BCUT2D eigenvalue weighted by atomic mass is 10.3. The van der Waals surface area contributed by atoms with E-state index in [1.54, 1.807) is 0 Å². The molecule has 12 nitrogen and oxygen atoms in total. The minimum Gasteiger partial charge on any atom is -1.00 e. The molecule has 0 aromatic heterocycles. The van der Waals surface area contributed by atoms with Gasteiger partial charge < -0.3 is 21.7 Å². The standard InChI is InChI=1S/C7H5BrN2O10S3.BrH/c1-20-4-3(10-9)7(23(17,18)19)6(22(14,15)16)2(8)5(4)21(11,12)13;/h1H3,(H2-,11,12,13,14,15,16,17,18,19);1H. The maximum Gasteiger partial charge on any atom is 0.450 e. The van der Waals surface area contributed by atoms with Crippen LogP contribution in [0, 0.1) is 5.39 Å². The highest BCUT2D eigenvalue weighted by Crippen LogP contribution is 2.48. The summed E-state index contributed by atoms with van der Waals surface area (Å²) in [5.41, 5.74) is -1.38. The van der Waals surface area contributed by atoms with Crippen molar-refractivity contribution in [1.82, 2.24) is 0 Å². The molecular formula is C7H6Br2N2O10S3. The lowest BCUT2D eigenvalue weighted by Crippen LogP contribution is -3.00. The molecule has 1 aromatic rings. The molecule has 3 N–H and O–H groups in total. The Bertz CT molecular complexity index is 1040. The summed E-state index contributed by atoms with van der Waals surface area (Å²) < 4.78 is 99.0. The number of diazo groups is 1. The third kappa shape index (κ3) is 4.20. The van der Waals surface area contributed by atoms with E-state index in [2.05, 4.69) is 25.6 Å². The van der Waals surface area contributed by atoms with Crippen molar-refractivity contribution in [2.24, 2.45) is 0 Å². The highest BCUT2D eigenvalue weighted by atomic mass is 79.9. The van der Waals surface area contributed by atoms with Crippen LogP contribution in [0.25, 0.3) is 4.98 Å². The Morgan fingerprint density at radius 2 is 1.29 bits per heavy atom.